The number of thioether (sulfide) groups is 1. The van der Waals surface area contributed by atoms with E-state index in [1.807, 2.05) is 23.1 Å². The summed E-state index contributed by atoms with van der Waals surface area (Å²) >= 11 is 3.74. The van der Waals surface area contributed by atoms with Crippen LogP contribution in [0.2, 0.25) is 0 Å². The molecule has 18 heavy (non-hydrogen) atoms. The van der Waals surface area contributed by atoms with Crippen LogP contribution in [-0.2, 0) is 5.75 Å². The average Bonchev–Trinajstić information content (AvgIpc) is 2.92. The molecule has 0 spiro atoms. The minimum atomic E-state index is 1.05. The first kappa shape index (κ1) is 13.5. The lowest BCUT2D eigenvalue weighted by Gasteiger charge is -2.24. The second-order valence-electron chi connectivity index (χ2n) is 4.02. The molecular formula is C15H19NS2. The second-order valence-corrected chi connectivity index (χ2v) is 6.25. The van der Waals surface area contributed by atoms with Crippen LogP contribution in [0.4, 0.5) is 5.69 Å². The average molecular weight is 277 g/mol. The zero-order valence-electron chi connectivity index (χ0n) is 10.9. The zero-order valence-corrected chi connectivity index (χ0v) is 12.6. The summed E-state index contributed by atoms with van der Waals surface area (Å²) in [7, 11) is 0. The Hall–Kier alpha value is -0.930. The first-order valence-electron chi connectivity index (χ1n) is 6.34. The summed E-state index contributed by atoms with van der Waals surface area (Å²) in [5, 5.41) is 2.14. The monoisotopic (exact) mass is 277 g/mol. The van der Waals surface area contributed by atoms with Gasteiger partial charge in [0.15, 0.2) is 0 Å². The lowest BCUT2D eigenvalue weighted by Crippen LogP contribution is -2.22. The number of hydrogen-bond donors (Lipinski definition) is 0. The Morgan fingerprint density at radius 2 is 1.83 bits per heavy atom. The van der Waals surface area contributed by atoms with Crippen molar-refractivity contribution in [2.24, 2.45) is 0 Å². The van der Waals surface area contributed by atoms with Crippen LogP contribution >= 0.6 is 23.1 Å². The third-order valence-corrected chi connectivity index (χ3v) is 5.14. The molecule has 2 aromatic rings. The molecule has 1 aromatic heterocycles. The number of para-hydroxylation sites is 1. The van der Waals surface area contributed by atoms with Gasteiger partial charge in [-0.3, -0.25) is 0 Å². The molecule has 0 aliphatic heterocycles. The Morgan fingerprint density at radius 1 is 1.06 bits per heavy atom. The van der Waals surface area contributed by atoms with Gasteiger partial charge in [0, 0.05) is 24.5 Å². The van der Waals surface area contributed by atoms with Crippen LogP contribution in [0.5, 0.6) is 0 Å². The van der Waals surface area contributed by atoms with Crippen LogP contribution in [0.1, 0.15) is 19.4 Å². The standard InChI is InChI=1S/C15H19NS2/c1-3-16(4-2)14-9-6-5-8-13(14)12-18-15-10-7-11-17-15/h5-11H,3-4,12H2,1-2H3. The Kier molecular flexibility index (Phi) is 5.14. The maximum absolute atomic E-state index is 2.42. The lowest BCUT2D eigenvalue weighted by atomic mass is 10.2. The van der Waals surface area contributed by atoms with Crippen molar-refractivity contribution >= 4 is 28.8 Å². The van der Waals surface area contributed by atoms with E-state index in [2.05, 4.69) is 60.5 Å². The van der Waals surface area contributed by atoms with Crippen LogP contribution in [0.25, 0.3) is 0 Å². The molecule has 0 aliphatic carbocycles. The maximum atomic E-state index is 2.42. The Bertz CT molecular complexity index is 461. The first-order chi connectivity index (χ1) is 8.85. The molecule has 0 saturated heterocycles. The fourth-order valence-electron chi connectivity index (χ4n) is 2.00. The fraction of sp³-hybridized carbons (Fsp3) is 0.333. The molecule has 1 nitrogen and oxygen atoms in total. The van der Waals surface area contributed by atoms with Gasteiger partial charge in [-0.2, -0.15) is 0 Å². The van der Waals surface area contributed by atoms with Crippen molar-refractivity contribution in [2.75, 3.05) is 18.0 Å². The molecule has 1 heterocycles. The normalized spacial score (nSPS) is 10.6. The number of benzene rings is 1. The van der Waals surface area contributed by atoms with E-state index >= 15 is 0 Å². The zero-order chi connectivity index (χ0) is 12.8. The van der Waals surface area contributed by atoms with E-state index in [9.17, 15) is 0 Å². The summed E-state index contributed by atoms with van der Waals surface area (Å²) in [6, 6.07) is 13.1. The topological polar surface area (TPSA) is 3.24 Å². The number of anilines is 1. The molecule has 1 aromatic carbocycles. The van der Waals surface area contributed by atoms with Gasteiger partial charge in [0.2, 0.25) is 0 Å². The van der Waals surface area contributed by atoms with E-state index < -0.39 is 0 Å². The molecule has 0 aliphatic rings. The van der Waals surface area contributed by atoms with Crippen molar-refractivity contribution in [3.8, 4) is 0 Å². The van der Waals surface area contributed by atoms with Gasteiger partial charge in [0.1, 0.15) is 0 Å². The van der Waals surface area contributed by atoms with E-state index in [0.29, 0.717) is 0 Å². The minimum absolute atomic E-state index is 1.05. The van der Waals surface area contributed by atoms with Gasteiger partial charge >= 0.3 is 0 Å². The van der Waals surface area contributed by atoms with Gasteiger partial charge in [-0.05, 0) is 36.9 Å². The molecule has 0 amide bonds. The summed E-state index contributed by atoms with van der Waals surface area (Å²) in [4.78, 5) is 2.42. The van der Waals surface area contributed by atoms with Gasteiger partial charge in [0.25, 0.3) is 0 Å². The van der Waals surface area contributed by atoms with Crippen molar-refractivity contribution < 1.29 is 0 Å². The molecule has 3 heteroatoms. The molecule has 0 bridgehead atoms. The van der Waals surface area contributed by atoms with Crippen molar-refractivity contribution in [3.05, 3.63) is 47.3 Å². The molecule has 2 rings (SSSR count). The molecule has 0 fully saturated rings. The maximum Gasteiger partial charge on any atom is 0.0601 e. The quantitative estimate of drug-likeness (QED) is 0.692. The van der Waals surface area contributed by atoms with Crippen molar-refractivity contribution in [1.82, 2.24) is 0 Å². The lowest BCUT2D eigenvalue weighted by molar-refractivity contribution is 0.861. The highest BCUT2D eigenvalue weighted by Gasteiger charge is 2.08. The molecular weight excluding hydrogens is 258 g/mol. The highest BCUT2D eigenvalue weighted by atomic mass is 32.2. The molecule has 0 N–H and O–H groups in total. The van der Waals surface area contributed by atoms with Gasteiger partial charge in [-0.15, -0.1) is 23.1 Å². The van der Waals surface area contributed by atoms with Gasteiger partial charge < -0.3 is 4.90 Å². The van der Waals surface area contributed by atoms with Crippen LogP contribution in [0, 0.1) is 0 Å². The van der Waals surface area contributed by atoms with Crippen molar-refractivity contribution in [3.63, 3.8) is 0 Å². The summed E-state index contributed by atoms with van der Waals surface area (Å²) in [6.07, 6.45) is 0. The first-order valence-corrected chi connectivity index (χ1v) is 8.20. The van der Waals surface area contributed by atoms with Crippen molar-refractivity contribution in [1.29, 1.82) is 0 Å². The van der Waals surface area contributed by atoms with Gasteiger partial charge in [-0.1, -0.05) is 24.3 Å². The summed E-state index contributed by atoms with van der Waals surface area (Å²) < 4.78 is 1.39. The number of nitrogens with zero attached hydrogens (tertiary/aromatic N) is 1. The van der Waals surface area contributed by atoms with Crippen molar-refractivity contribution in [2.45, 2.75) is 23.8 Å². The Balaban J connectivity index is 2.12. The largest absolute Gasteiger partial charge is 0.372 e. The minimum Gasteiger partial charge on any atom is -0.372 e. The van der Waals surface area contributed by atoms with Gasteiger partial charge in [-0.25, -0.2) is 0 Å². The van der Waals surface area contributed by atoms with E-state index in [0.717, 1.165) is 18.8 Å². The fourth-order valence-corrected chi connectivity index (χ4v) is 3.78. The second kappa shape index (κ2) is 6.86. The molecule has 0 radical (unpaired) electrons. The summed E-state index contributed by atoms with van der Waals surface area (Å²) in [5.74, 6) is 1.05. The summed E-state index contributed by atoms with van der Waals surface area (Å²) in [6.45, 7) is 6.56. The number of hydrogen-bond acceptors (Lipinski definition) is 3. The predicted octanol–water partition coefficient (Wildman–Crippen LogP) is 4.89. The number of thiophene rings is 1. The predicted molar refractivity (Wildman–Crippen MR) is 83.9 cm³/mol. The molecule has 0 atom stereocenters. The highest BCUT2D eigenvalue weighted by Crippen LogP contribution is 2.30. The smallest absolute Gasteiger partial charge is 0.0601 e. The Morgan fingerprint density at radius 3 is 2.50 bits per heavy atom. The van der Waals surface area contributed by atoms with Crippen LogP contribution < -0.4 is 4.90 Å². The van der Waals surface area contributed by atoms with Crippen LogP contribution in [0.3, 0.4) is 0 Å². The van der Waals surface area contributed by atoms with Gasteiger partial charge in [0.05, 0.1) is 4.21 Å². The third kappa shape index (κ3) is 3.30. The summed E-state index contributed by atoms with van der Waals surface area (Å²) in [5.41, 5.74) is 2.81. The third-order valence-electron chi connectivity index (χ3n) is 2.96. The molecule has 96 valence electrons. The molecule has 0 unspecified atom stereocenters. The van der Waals surface area contributed by atoms with Crippen LogP contribution in [0.15, 0.2) is 46.0 Å². The molecule has 0 saturated carbocycles. The van der Waals surface area contributed by atoms with E-state index in [4.69, 9.17) is 0 Å². The Labute approximate surface area is 118 Å². The van der Waals surface area contributed by atoms with E-state index in [1.165, 1.54) is 15.5 Å². The van der Waals surface area contributed by atoms with E-state index in [-0.39, 0.29) is 0 Å². The van der Waals surface area contributed by atoms with E-state index in [1.54, 1.807) is 0 Å². The number of rotatable bonds is 6. The van der Waals surface area contributed by atoms with Crippen LogP contribution in [-0.4, -0.2) is 13.1 Å². The SMILES string of the molecule is CCN(CC)c1ccccc1CSc1cccs1. The highest BCUT2D eigenvalue weighted by molar-refractivity contribution is 8.00.